The summed E-state index contributed by atoms with van der Waals surface area (Å²) in [5.74, 6) is 0.654. The van der Waals surface area contributed by atoms with Crippen LogP contribution in [0.1, 0.15) is 55.5 Å². The van der Waals surface area contributed by atoms with Crippen LogP contribution < -0.4 is 5.73 Å². The molecule has 0 spiro atoms. The van der Waals surface area contributed by atoms with E-state index >= 15 is 0 Å². The van der Waals surface area contributed by atoms with Crippen molar-refractivity contribution in [2.75, 3.05) is 13.1 Å². The minimum Gasteiger partial charge on any atom is -0.332 e. The normalized spacial score (nSPS) is 17.8. The summed E-state index contributed by atoms with van der Waals surface area (Å²) in [4.78, 5) is 19.3. The van der Waals surface area contributed by atoms with Crippen LogP contribution in [0.3, 0.4) is 0 Å². The Morgan fingerprint density at radius 2 is 2.00 bits per heavy atom. The summed E-state index contributed by atoms with van der Waals surface area (Å²) in [6.45, 7) is 5.10. The van der Waals surface area contributed by atoms with Crippen LogP contribution in [0.15, 0.2) is 18.2 Å². The van der Waals surface area contributed by atoms with Crippen LogP contribution in [0.4, 0.5) is 0 Å². The molecule has 2 aromatic rings. The molecule has 1 saturated heterocycles. The van der Waals surface area contributed by atoms with Crippen molar-refractivity contribution in [2.45, 2.75) is 45.1 Å². The Balaban J connectivity index is 2.04. The summed E-state index contributed by atoms with van der Waals surface area (Å²) in [5, 5.41) is 5.39. The Morgan fingerprint density at radius 1 is 1.31 bits per heavy atom. The van der Waals surface area contributed by atoms with Crippen molar-refractivity contribution in [3.63, 3.8) is 0 Å². The molecule has 1 aromatic carbocycles. The zero-order valence-corrected chi connectivity index (χ0v) is 16.5. The van der Waals surface area contributed by atoms with Crippen molar-refractivity contribution >= 4 is 29.1 Å². The van der Waals surface area contributed by atoms with Gasteiger partial charge in [-0.1, -0.05) is 43.1 Å². The largest absolute Gasteiger partial charge is 0.332 e. The van der Waals surface area contributed by atoms with E-state index in [-0.39, 0.29) is 23.7 Å². The van der Waals surface area contributed by atoms with Gasteiger partial charge in [-0.3, -0.25) is 4.79 Å². The van der Waals surface area contributed by atoms with Gasteiger partial charge in [0.25, 0.3) is 5.91 Å². The van der Waals surface area contributed by atoms with Gasteiger partial charge in [0.2, 0.25) is 5.82 Å². The van der Waals surface area contributed by atoms with Gasteiger partial charge in [-0.25, -0.2) is 9.67 Å². The Kier molecular flexibility index (Phi) is 5.85. The number of carbonyl (C=O) groups excluding carboxylic acids is 1. The molecule has 6 nitrogen and oxygen atoms in total. The van der Waals surface area contributed by atoms with E-state index in [1.165, 1.54) is 0 Å². The lowest BCUT2D eigenvalue weighted by Gasteiger charge is -2.34. The molecule has 2 heterocycles. The van der Waals surface area contributed by atoms with Crippen molar-refractivity contribution < 1.29 is 4.79 Å². The molecular weight excluding hydrogens is 373 g/mol. The van der Waals surface area contributed by atoms with Crippen LogP contribution in [0.25, 0.3) is 5.69 Å². The molecule has 0 bridgehead atoms. The quantitative estimate of drug-likeness (QED) is 0.856. The smallest absolute Gasteiger partial charge is 0.293 e. The molecule has 1 amide bonds. The summed E-state index contributed by atoms with van der Waals surface area (Å²) in [5.41, 5.74) is 6.39. The Hall–Kier alpha value is -1.63. The van der Waals surface area contributed by atoms with Crippen LogP contribution in [0, 0.1) is 0 Å². The van der Waals surface area contributed by atoms with Gasteiger partial charge in [0.15, 0.2) is 0 Å². The van der Waals surface area contributed by atoms with Crippen molar-refractivity contribution in [3.05, 3.63) is 39.9 Å². The third-order valence-corrected chi connectivity index (χ3v) is 5.26. The van der Waals surface area contributed by atoms with E-state index in [1.54, 1.807) is 27.8 Å². The SMILES string of the molecule is CC(C)c1nc(C(=O)N2CCCCC2CN)nn1-c1c(Cl)cccc1Cl. The second-order valence-electron chi connectivity index (χ2n) is 6.81. The summed E-state index contributed by atoms with van der Waals surface area (Å²) < 4.78 is 1.59. The molecule has 1 atom stereocenters. The number of nitrogens with zero attached hydrogens (tertiary/aromatic N) is 4. The maximum Gasteiger partial charge on any atom is 0.293 e. The van der Waals surface area contributed by atoms with Crippen molar-refractivity contribution in [2.24, 2.45) is 5.73 Å². The lowest BCUT2D eigenvalue weighted by Crippen LogP contribution is -2.47. The third-order valence-electron chi connectivity index (χ3n) is 4.65. The molecule has 2 N–H and O–H groups in total. The zero-order chi connectivity index (χ0) is 18.8. The molecule has 3 rings (SSSR count). The highest BCUT2D eigenvalue weighted by molar-refractivity contribution is 6.37. The van der Waals surface area contributed by atoms with Gasteiger partial charge in [-0.05, 0) is 31.4 Å². The fraction of sp³-hybridized carbons (Fsp3) is 0.500. The van der Waals surface area contributed by atoms with Gasteiger partial charge in [-0.15, -0.1) is 5.10 Å². The van der Waals surface area contributed by atoms with E-state index in [0.29, 0.717) is 34.6 Å². The van der Waals surface area contributed by atoms with E-state index < -0.39 is 0 Å². The van der Waals surface area contributed by atoms with Gasteiger partial charge in [0.1, 0.15) is 11.5 Å². The molecule has 1 aliphatic heterocycles. The predicted octanol–water partition coefficient (Wildman–Crippen LogP) is 3.65. The van der Waals surface area contributed by atoms with Gasteiger partial charge in [-0.2, -0.15) is 0 Å². The van der Waals surface area contributed by atoms with Crippen LogP contribution >= 0.6 is 23.2 Å². The third kappa shape index (κ3) is 3.59. The fourth-order valence-corrected chi connectivity index (χ4v) is 3.84. The number of hydrogen-bond acceptors (Lipinski definition) is 4. The van der Waals surface area contributed by atoms with Crippen LogP contribution in [0.5, 0.6) is 0 Å². The molecule has 0 saturated carbocycles. The number of likely N-dealkylation sites (tertiary alicyclic amines) is 1. The highest BCUT2D eigenvalue weighted by Gasteiger charge is 2.30. The number of rotatable bonds is 4. The first-order valence-corrected chi connectivity index (χ1v) is 9.62. The molecule has 1 aliphatic rings. The highest BCUT2D eigenvalue weighted by atomic mass is 35.5. The Labute approximate surface area is 163 Å². The minimum atomic E-state index is -0.191. The lowest BCUT2D eigenvalue weighted by molar-refractivity contribution is 0.0610. The first-order valence-electron chi connectivity index (χ1n) is 8.86. The first-order chi connectivity index (χ1) is 12.4. The van der Waals surface area contributed by atoms with Crippen molar-refractivity contribution in [3.8, 4) is 5.69 Å². The molecule has 0 radical (unpaired) electrons. The summed E-state index contributed by atoms with van der Waals surface area (Å²) in [7, 11) is 0. The lowest BCUT2D eigenvalue weighted by atomic mass is 10.0. The maximum absolute atomic E-state index is 13.0. The number of piperidine rings is 1. The number of amides is 1. The summed E-state index contributed by atoms with van der Waals surface area (Å²) in [6.07, 6.45) is 2.96. The van der Waals surface area contributed by atoms with Crippen LogP contribution in [-0.2, 0) is 0 Å². The van der Waals surface area contributed by atoms with E-state index in [2.05, 4.69) is 10.1 Å². The second-order valence-corrected chi connectivity index (χ2v) is 7.63. The van der Waals surface area contributed by atoms with Gasteiger partial charge < -0.3 is 10.6 Å². The zero-order valence-electron chi connectivity index (χ0n) is 15.0. The molecule has 1 aromatic heterocycles. The summed E-state index contributed by atoms with van der Waals surface area (Å²) in [6, 6.07) is 5.29. The monoisotopic (exact) mass is 395 g/mol. The number of hydrogen-bond donors (Lipinski definition) is 1. The number of benzene rings is 1. The van der Waals surface area contributed by atoms with Gasteiger partial charge in [0.05, 0.1) is 10.0 Å². The topological polar surface area (TPSA) is 77.0 Å². The molecule has 1 unspecified atom stereocenters. The van der Waals surface area contributed by atoms with Crippen LogP contribution in [0.2, 0.25) is 10.0 Å². The predicted molar refractivity (Wildman–Crippen MR) is 103 cm³/mol. The molecular formula is C18H23Cl2N5O. The number of para-hydroxylation sites is 1. The average Bonchev–Trinajstić information content (AvgIpc) is 3.06. The van der Waals surface area contributed by atoms with E-state index in [1.807, 2.05) is 13.8 Å². The first kappa shape index (κ1) is 19.1. The van der Waals surface area contributed by atoms with Crippen molar-refractivity contribution in [1.82, 2.24) is 19.7 Å². The fourth-order valence-electron chi connectivity index (χ4n) is 3.29. The second kappa shape index (κ2) is 7.94. The molecule has 26 heavy (non-hydrogen) atoms. The summed E-state index contributed by atoms with van der Waals surface area (Å²) >= 11 is 12.7. The number of carbonyl (C=O) groups is 1. The number of halogens is 2. The minimum absolute atomic E-state index is 0.0367. The maximum atomic E-state index is 13.0. The average molecular weight is 396 g/mol. The molecule has 1 fully saturated rings. The van der Waals surface area contributed by atoms with Crippen LogP contribution in [-0.4, -0.2) is 44.7 Å². The van der Waals surface area contributed by atoms with Gasteiger partial charge >= 0.3 is 0 Å². The molecule has 140 valence electrons. The van der Waals surface area contributed by atoms with Crippen molar-refractivity contribution in [1.29, 1.82) is 0 Å². The van der Waals surface area contributed by atoms with Gasteiger partial charge in [0, 0.05) is 25.0 Å². The van der Waals surface area contributed by atoms with E-state index in [0.717, 1.165) is 19.3 Å². The van der Waals surface area contributed by atoms with E-state index in [4.69, 9.17) is 28.9 Å². The Morgan fingerprint density at radius 3 is 2.62 bits per heavy atom. The number of aromatic nitrogens is 3. The number of nitrogens with two attached hydrogens (primary N) is 1. The molecule has 0 aliphatic carbocycles. The van der Waals surface area contributed by atoms with E-state index in [9.17, 15) is 4.79 Å². The standard InChI is InChI=1S/C18H23Cl2N5O/c1-11(2)17-22-16(18(26)24-9-4-3-6-12(24)10-21)23-25(17)15-13(19)7-5-8-14(15)20/h5,7-8,11-12H,3-4,6,9-10,21H2,1-2H3. The Bertz CT molecular complexity index is 785. The molecule has 8 heteroatoms. The highest BCUT2D eigenvalue weighted by Crippen LogP contribution is 2.30.